The van der Waals surface area contributed by atoms with Gasteiger partial charge in [-0.15, -0.1) is 0 Å². The SMILES string of the molecule is Cc1cc(NCCCN)n2nc(-c3ccco3)cc2n1. The summed E-state index contributed by atoms with van der Waals surface area (Å²) < 4.78 is 7.17. The van der Waals surface area contributed by atoms with Gasteiger partial charge in [-0.25, -0.2) is 4.98 Å². The zero-order valence-corrected chi connectivity index (χ0v) is 11.3. The lowest BCUT2D eigenvalue weighted by Gasteiger charge is -2.08. The van der Waals surface area contributed by atoms with Crippen LogP contribution in [0.3, 0.4) is 0 Å². The lowest BCUT2D eigenvalue weighted by molar-refractivity contribution is 0.579. The van der Waals surface area contributed by atoms with Crippen molar-refractivity contribution in [2.45, 2.75) is 13.3 Å². The van der Waals surface area contributed by atoms with Crippen molar-refractivity contribution in [3.05, 3.63) is 36.2 Å². The summed E-state index contributed by atoms with van der Waals surface area (Å²) in [6.07, 6.45) is 2.55. The number of anilines is 1. The molecule has 6 nitrogen and oxygen atoms in total. The molecule has 3 heterocycles. The number of furan rings is 1. The summed E-state index contributed by atoms with van der Waals surface area (Å²) in [5, 5.41) is 7.88. The van der Waals surface area contributed by atoms with Crippen LogP contribution in [0.1, 0.15) is 12.1 Å². The maximum Gasteiger partial charge on any atom is 0.158 e. The van der Waals surface area contributed by atoms with Crippen LogP contribution < -0.4 is 11.1 Å². The van der Waals surface area contributed by atoms with Crippen LogP contribution >= 0.6 is 0 Å². The molecular weight excluding hydrogens is 254 g/mol. The van der Waals surface area contributed by atoms with Crippen LogP contribution in [0.25, 0.3) is 17.1 Å². The fourth-order valence-electron chi connectivity index (χ4n) is 2.09. The highest BCUT2D eigenvalue weighted by atomic mass is 16.3. The van der Waals surface area contributed by atoms with Crippen LogP contribution in [0.15, 0.2) is 34.9 Å². The highest BCUT2D eigenvalue weighted by molar-refractivity contribution is 5.61. The van der Waals surface area contributed by atoms with Crippen molar-refractivity contribution in [3.8, 4) is 11.5 Å². The average molecular weight is 271 g/mol. The summed E-state index contributed by atoms with van der Waals surface area (Å²) in [5.74, 6) is 1.65. The van der Waals surface area contributed by atoms with Gasteiger partial charge in [0.2, 0.25) is 0 Å². The molecule has 0 atom stereocenters. The smallest absolute Gasteiger partial charge is 0.158 e. The predicted molar refractivity (Wildman–Crippen MR) is 77.6 cm³/mol. The molecule has 20 heavy (non-hydrogen) atoms. The maximum atomic E-state index is 5.52. The molecule has 0 amide bonds. The minimum Gasteiger partial charge on any atom is -0.463 e. The number of nitrogens with zero attached hydrogens (tertiary/aromatic N) is 3. The molecule has 3 aromatic heterocycles. The van der Waals surface area contributed by atoms with Gasteiger partial charge in [0.15, 0.2) is 11.4 Å². The maximum absolute atomic E-state index is 5.52. The second-order valence-corrected chi connectivity index (χ2v) is 4.63. The molecule has 0 unspecified atom stereocenters. The Balaban J connectivity index is 2.01. The first kappa shape index (κ1) is 12.7. The van der Waals surface area contributed by atoms with Gasteiger partial charge >= 0.3 is 0 Å². The Labute approximate surface area is 116 Å². The Morgan fingerprint density at radius 2 is 2.30 bits per heavy atom. The van der Waals surface area contributed by atoms with Crippen molar-refractivity contribution >= 4 is 11.5 Å². The van der Waals surface area contributed by atoms with Crippen LogP contribution in [0.2, 0.25) is 0 Å². The Bertz CT molecular complexity index is 702. The standard InChI is InChI=1S/C14H17N5O/c1-10-8-13(16-6-3-5-15)19-14(17-10)9-11(18-19)12-4-2-7-20-12/h2,4,7-9,16H,3,5-6,15H2,1H3. The van der Waals surface area contributed by atoms with Gasteiger partial charge < -0.3 is 15.5 Å². The fourth-order valence-corrected chi connectivity index (χ4v) is 2.09. The molecule has 0 saturated heterocycles. The second kappa shape index (κ2) is 5.34. The van der Waals surface area contributed by atoms with Crippen LogP contribution in [0, 0.1) is 6.92 Å². The van der Waals surface area contributed by atoms with Gasteiger partial charge in [-0.1, -0.05) is 0 Å². The molecule has 0 radical (unpaired) electrons. The van der Waals surface area contributed by atoms with Crippen molar-refractivity contribution in [1.29, 1.82) is 0 Å². The van der Waals surface area contributed by atoms with Gasteiger partial charge in [-0.05, 0) is 32.0 Å². The number of nitrogens with two attached hydrogens (primary N) is 1. The highest BCUT2D eigenvalue weighted by Crippen LogP contribution is 2.22. The molecule has 0 aliphatic rings. The first-order valence-electron chi connectivity index (χ1n) is 6.63. The largest absolute Gasteiger partial charge is 0.463 e. The number of aryl methyl sites for hydroxylation is 1. The molecule has 0 spiro atoms. The van der Waals surface area contributed by atoms with E-state index in [2.05, 4.69) is 15.4 Å². The molecule has 0 fully saturated rings. The second-order valence-electron chi connectivity index (χ2n) is 4.63. The van der Waals surface area contributed by atoms with Gasteiger partial charge in [-0.3, -0.25) is 0 Å². The van der Waals surface area contributed by atoms with E-state index >= 15 is 0 Å². The van der Waals surface area contributed by atoms with Crippen LogP contribution in [-0.4, -0.2) is 27.7 Å². The lowest BCUT2D eigenvalue weighted by Crippen LogP contribution is -2.11. The minimum atomic E-state index is 0.664. The van der Waals surface area contributed by atoms with E-state index in [1.54, 1.807) is 10.8 Å². The van der Waals surface area contributed by atoms with Crippen molar-refractivity contribution in [2.75, 3.05) is 18.4 Å². The van der Waals surface area contributed by atoms with Crippen molar-refractivity contribution in [3.63, 3.8) is 0 Å². The van der Waals surface area contributed by atoms with Crippen LogP contribution in [0.5, 0.6) is 0 Å². The van der Waals surface area contributed by atoms with Gasteiger partial charge in [0.25, 0.3) is 0 Å². The number of nitrogens with one attached hydrogen (secondary N) is 1. The highest BCUT2D eigenvalue weighted by Gasteiger charge is 2.11. The lowest BCUT2D eigenvalue weighted by atomic mass is 10.3. The number of fused-ring (bicyclic) bond motifs is 1. The number of aromatic nitrogens is 3. The first-order chi connectivity index (χ1) is 9.78. The quantitative estimate of drug-likeness (QED) is 0.694. The molecule has 0 saturated carbocycles. The van der Waals surface area contributed by atoms with E-state index in [1.807, 2.05) is 31.2 Å². The Hall–Kier alpha value is -2.34. The molecule has 6 heteroatoms. The summed E-state index contributed by atoms with van der Waals surface area (Å²) in [6.45, 7) is 3.44. The summed E-state index contributed by atoms with van der Waals surface area (Å²) in [5.41, 5.74) is 8.03. The molecule has 104 valence electrons. The van der Waals surface area contributed by atoms with E-state index in [1.165, 1.54) is 0 Å². The molecule has 0 aromatic carbocycles. The van der Waals surface area contributed by atoms with Gasteiger partial charge in [0.1, 0.15) is 11.5 Å². The molecule has 3 aromatic rings. The molecular formula is C14H17N5O. The molecule has 0 aliphatic carbocycles. The Morgan fingerprint density at radius 3 is 3.05 bits per heavy atom. The summed E-state index contributed by atoms with van der Waals surface area (Å²) in [6, 6.07) is 7.62. The molecule has 0 aliphatic heterocycles. The zero-order valence-electron chi connectivity index (χ0n) is 11.3. The summed E-state index contributed by atoms with van der Waals surface area (Å²) in [4.78, 5) is 4.49. The van der Waals surface area contributed by atoms with Crippen molar-refractivity contribution in [2.24, 2.45) is 5.73 Å². The first-order valence-corrected chi connectivity index (χ1v) is 6.63. The third-order valence-corrected chi connectivity index (χ3v) is 3.02. The van der Waals surface area contributed by atoms with Crippen LogP contribution in [0.4, 0.5) is 5.82 Å². The monoisotopic (exact) mass is 271 g/mol. The zero-order chi connectivity index (χ0) is 13.9. The van der Waals surface area contributed by atoms with E-state index in [0.717, 1.165) is 41.6 Å². The molecule has 3 N–H and O–H groups in total. The minimum absolute atomic E-state index is 0.664. The van der Waals surface area contributed by atoms with E-state index in [-0.39, 0.29) is 0 Å². The van der Waals surface area contributed by atoms with E-state index in [0.29, 0.717) is 6.54 Å². The van der Waals surface area contributed by atoms with E-state index in [9.17, 15) is 0 Å². The number of rotatable bonds is 5. The number of hydrogen-bond acceptors (Lipinski definition) is 5. The van der Waals surface area contributed by atoms with E-state index < -0.39 is 0 Å². The fraction of sp³-hybridized carbons (Fsp3) is 0.286. The normalized spacial score (nSPS) is 11.1. The molecule has 0 bridgehead atoms. The van der Waals surface area contributed by atoms with Gasteiger partial charge in [0, 0.05) is 24.4 Å². The Kier molecular flexibility index (Phi) is 3.39. The number of hydrogen-bond donors (Lipinski definition) is 2. The van der Waals surface area contributed by atoms with Crippen molar-refractivity contribution < 1.29 is 4.42 Å². The summed E-state index contributed by atoms with van der Waals surface area (Å²) in [7, 11) is 0. The molecule has 3 rings (SSSR count). The van der Waals surface area contributed by atoms with Gasteiger partial charge in [-0.2, -0.15) is 9.61 Å². The summed E-state index contributed by atoms with van der Waals surface area (Å²) >= 11 is 0. The van der Waals surface area contributed by atoms with Crippen LogP contribution in [-0.2, 0) is 0 Å². The third-order valence-electron chi connectivity index (χ3n) is 3.02. The average Bonchev–Trinajstić information content (AvgIpc) is 3.06. The third kappa shape index (κ3) is 2.37. The van der Waals surface area contributed by atoms with Gasteiger partial charge in [0.05, 0.1) is 6.26 Å². The van der Waals surface area contributed by atoms with Crippen molar-refractivity contribution in [1.82, 2.24) is 14.6 Å². The van der Waals surface area contributed by atoms with E-state index in [4.69, 9.17) is 10.2 Å². The topological polar surface area (TPSA) is 81.4 Å². The Morgan fingerprint density at radius 1 is 1.40 bits per heavy atom. The predicted octanol–water partition coefficient (Wildman–Crippen LogP) is 2.06.